The van der Waals surface area contributed by atoms with E-state index in [-0.39, 0.29) is 11.7 Å². The van der Waals surface area contributed by atoms with Crippen LogP contribution < -0.4 is 0 Å². The van der Waals surface area contributed by atoms with Crippen molar-refractivity contribution in [3.8, 4) is 22.7 Å². The highest BCUT2D eigenvalue weighted by molar-refractivity contribution is 6.29. The lowest BCUT2D eigenvalue weighted by atomic mass is 9.85. The van der Waals surface area contributed by atoms with Crippen molar-refractivity contribution in [2.24, 2.45) is 0 Å². The maximum atomic E-state index is 13.3. The van der Waals surface area contributed by atoms with E-state index in [0.29, 0.717) is 34.7 Å². The average Bonchev–Trinajstić information content (AvgIpc) is 3.32. The fourth-order valence-corrected chi connectivity index (χ4v) is 4.04. The molecule has 0 unspecified atom stereocenters. The molecular weight excluding hydrogens is 448 g/mol. The van der Waals surface area contributed by atoms with E-state index in [1.807, 2.05) is 42.5 Å². The third-order valence-electron chi connectivity index (χ3n) is 5.48. The predicted octanol–water partition coefficient (Wildman–Crippen LogP) is 6.30. The summed E-state index contributed by atoms with van der Waals surface area (Å²) >= 11 is 6.07. The monoisotopic (exact) mass is 463 g/mol. The van der Waals surface area contributed by atoms with Crippen LogP contribution in [0.15, 0.2) is 76.7 Å². The Hall–Kier alpha value is -3.71. The molecule has 0 saturated carbocycles. The van der Waals surface area contributed by atoms with Crippen molar-refractivity contribution in [1.82, 2.24) is 15.2 Å². The van der Waals surface area contributed by atoms with E-state index in [0.717, 1.165) is 22.4 Å². The molecule has 0 N–H and O–H groups in total. The Bertz CT molecular complexity index is 1400. The Labute approximate surface area is 192 Å². The normalized spacial score (nSPS) is 13.2. The van der Waals surface area contributed by atoms with E-state index in [4.69, 9.17) is 16.0 Å². The molecule has 0 spiro atoms. The first-order valence-electron chi connectivity index (χ1n) is 10.2. The fourth-order valence-electron chi connectivity index (χ4n) is 3.88. The molecular formula is C25H16ClF2N3O2. The number of hydrogen-bond acceptors (Lipinski definition) is 5. The van der Waals surface area contributed by atoms with Crippen LogP contribution in [0.5, 0.6) is 0 Å². The lowest BCUT2D eigenvalue weighted by Crippen LogP contribution is -2.14. The zero-order valence-electron chi connectivity index (χ0n) is 17.1. The van der Waals surface area contributed by atoms with Gasteiger partial charge in [0.25, 0.3) is 5.89 Å². The Morgan fingerprint density at radius 2 is 1.85 bits per heavy atom. The lowest BCUT2D eigenvalue weighted by molar-refractivity contribution is 0.102. The van der Waals surface area contributed by atoms with Crippen molar-refractivity contribution >= 4 is 17.4 Å². The van der Waals surface area contributed by atoms with Gasteiger partial charge in [-0.05, 0) is 41.8 Å². The number of allylic oxidation sites excluding steroid dienone is 2. The van der Waals surface area contributed by atoms with Crippen LogP contribution >= 0.6 is 11.6 Å². The third kappa shape index (κ3) is 4.19. The van der Waals surface area contributed by atoms with Gasteiger partial charge in [0.1, 0.15) is 5.15 Å². The summed E-state index contributed by atoms with van der Waals surface area (Å²) in [6.07, 6.45) is 0.0754. The summed E-state index contributed by atoms with van der Waals surface area (Å²) < 4.78 is 30.6. The number of rotatable bonds is 5. The number of alkyl halides is 2. The SMILES string of the molecule is O=C1C(Cc2ccccc2-c2cccc(Cl)n2)=CCc2ccc(-c3nnc(C(F)F)o3)cc21. The number of aromatic nitrogens is 3. The van der Waals surface area contributed by atoms with Gasteiger partial charge in [-0.3, -0.25) is 4.79 Å². The number of Topliss-reactive ketones (excluding diaryl/α,β-unsaturated/α-hetero) is 1. The van der Waals surface area contributed by atoms with E-state index >= 15 is 0 Å². The molecule has 164 valence electrons. The van der Waals surface area contributed by atoms with Gasteiger partial charge in [0.2, 0.25) is 5.89 Å². The second kappa shape index (κ2) is 8.67. The Kier molecular flexibility index (Phi) is 5.56. The minimum absolute atomic E-state index is 0.0469. The van der Waals surface area contributed by atoms with Crippen molar-refractivity contribution in [2.75, 3.05) is 0 Å². The van der Waals surface area contributed by atoms with Crippen LogP contribution in [-0.4, -0.2) is 21.0 Å². The number of halogens is 3. The van der Waals surface area contributed by atoms with E-state index < -0.39 is 12.3 Å². The maximum Gasteiger partial charge on any atom is 0.314 e. The molecule has 4 aromatic rings. The number of nitrogens with zero attached hydrogens (tertiary/aromatic N) is 3. The molecule has 2 heterocycles. The molecule has 5 nitrogen and oxygen atoms in total. The molecule has 0 aliphatic heterocycles. The molecule has 0 atom stereocenters. The first-order valence-corrected chi connectivity index (χ1v) is 10.6. The number of fused-ring (bicyclic) bond motifs is 1. The van der Waals surface area contributed by atoms with Crippen LogP contribution in [0.2, 0.25) is 5.15 Å². The van der Waals surface area contributed by atoms with Crippen molar-refractivity contribution < 1.29 is 18.0 Å². The maximum absolute atomic E-state index is 13.3. The summed E-state index contributed by atoms with van der Waals surface area (Å²) in [7, 11) is 0. The summed E-state index contributed by atoms with van der Waals surface area (Å²) in [5.74, 6) is -0.921. The number of ketones is 1. The van der Waals surface area contributed by atoms with Crippen molar-refractivity contribution in [3.05, 3.63) is 100 Å². The van der Waals surface area contributed by atoms with Gasteiger partial charge in [-0.25, -0.2) is 4.98 Å². The summed E-state index contributed by atoms with van der Waals surface area (Å²) in [6.45, 7) is 0. The smallest absolute Gasteiger partial charge is 0.314 e. The highest BCUT2D eigenvalue weighted by Crippen LogP contribution is 2.31. The molecule has 0 radical (unpaired) electrons. The predicted molar refractivity (Wildman–Crippen MR) is 119 cm³/mol. The minimum Gasteiger partial charge on any atom is -0.415 e. The van der Waals surface area contributed by atoms with Crippen LogP contribution in [0.1, 0.15) is 33.8 Å². The van der Waals surface area contributed by atoms with E-state index in [1.165, 1.54) is 0 Å². The van der Waals surface area contributed by atoms with Gasteiger partial charge >= 0.3 is 6.43 Å². The molecule has 1 aliphatic rings. The van der Waals surface area contributed by atoms with Crippen molar-refractivity contribution in [2.45, 2.75) is 19.3 Å². The molecule has 33 heavy (non-hydrogen) atoms. The van der Waals surface area contributed by atoms with Gasteiger partial charge in [-0.15, -0.1) is 10.2 Å². The number of carbonyl (C=O) groups is 1. The topological polar surface area (TPSA) is 68.9 Å². The van der Waals surface area contributed by atoms with Crippen molar-refractivity contribution in [3.63, 3.8) is 0 Å². The molecule has 1 aliphatic carbocycles. The fraction of sp³-hybridized carbons (Fsp3) is 0.120. The zero-order valence-corrected chi connectivity index (χ0v) is 17.9. The lowest BCUT2D eigenvalue weighted by Gasteiger charge is -2.18. The number of carbonyl (C=O) groups excluding carboxylic acids is 1. The first kappa shape index (κ1) is 21.2. The quantitative estimate of drug-likeness (QED) is 0.325. The van der Waals surface area contributed by atoms with Gasteiger partial charge in [0.05, 0.1) is 5.69 Å². The molecule has 0 fully saturated rings. The number of benzene rings is 2. The highest BCUT2D eigenvalue weighted by atomic mass is 35.5. The summed E-state index contributed by atoms with van der Waals surface area (Å²) in [5.41, 5.74) is 5.00. The Morgan fingerprint density at radius 3 is 2.64 bits per heavy atom. The van der Waals surface area contributed by atoms with Gasteiger partial charge < -0.3 is 4.42 Å². The summed E-state index contributed by atoms with van der Waals surface area (Å²) in [4.78, 5) is 17.7. The second-order valence-electron chi connectivity index (χ2n) is 7.56. The molecule has 0 amide bonds. The van der Waals surface area contributed by atoms with E-state index in [2.05, 4.69) is 15.2 Å². The molecule has 0 saturated heterocycles. The molecule has 2 aromatic carbocycles. The van der Waals surface area contributed by atoms with E-state index in [9.17, 15) is 13.6 Å². The zero-order chi connectivity index (χ0) is 22.9. The Morgan fingerprint density at radius 1 is 1.00 bits per heavy atom. The average molecular weight is 464 g/mol. The molecule has 5 rings (SSSR count). The summed E-state index contributed by atoms with van der Waals surface area (Å²) in [6, 6.07) is 18.3. The van der Waals surface area contributed by atoms with Crippen LogP contribution in [-0.2, 0) is 12.8 Å². The standard InChI is InChI=1S/C25H16ClF2N3O2/c26-21-7-3-6-20(29-21)18-5-2-1-4-15(18)12-16-10-8-14-9-11-17(13-19(14)22(16)32)24-30-31-25(33-24)23(27)28/h1-7,9-11,13,23H,8,12H2. The van der Waals surface area contributed by atoms with Crippen LogP contribution in [0.3, 0.4) is 0 Å². The molecule has 2 aromatic heterocycles. The number of hydrogen-bond donors (Lipinski definition) is 0. The van der Waals surface area contributed by atoms with Crippen LogP contribution in [0, 0.1) is 0 Å². The second-order valence-corrected chi connectivity index (χ2v) is 7.95. The van der Waals surface area contributed by atoms with Gasteiger partial charge in [0, 0.05) is 28.7 Å². The van der Waals surface area contributed by atoms with Gasteiger partial charge in [-0.1, -0.05) is 54.1 Å². The Balaban J connectivity index is 1.45. The largest absolute Gasteiger partial charge is 0.415 e. The summed E-state index contributed by atoms with van der Waals surface area (Å²) in [5, 5.41) is 7.44. The first-order chi connectivity index (χ1) is 16.0. The van der Waals surface area contributed by atoms with Crippen molar-refractivity contribution in [1.29, 1.82) is 0 Å². The van der Waals surface area contributed by atoms with Gasteiger partial charge in [0.15, 0.2) is 5.78 Å². The number of pyridine rings is 1. The van der Waals surface area contributed by atoms with Crippen LogP contribution in [0.25, 0.3) is 22.7 Å². The molecule has 8 heteroatoms. The van der Waals surface area contributed by atoms with Crippen LogP contribution in [0.4, 0.5) is 8.78 Å². The highest BCUT2D eigenvalue weighted by Gasteiger charge is 2.24. The third-order valence-corrected chi connectivity index (χ3v) is 5.69. The molecule has 0 bridgehead atoms. The van der Waals surface area contributed by atoms with Gasteiger partial charge in [-0.2, -0.15) is 8.78 Å². The van der Waals surface area contributed by atoms with E-state index in [1.54, 1.807) is 24.3 Å². The minimum atomic E-state index is -2.85.